The highest BCUT2D eigenvalue weighted by Crippen LogP contribution is 2.21. The van der Waals surface area contributed by atoms with Crippen LogP contribution < -0.4 is 9.64 Å². The third-order valence-electron chi connectivity index (χ3n) is 5.52. The van der Waals surface area contributed by atoms with Crippen molar-refractivity contribution >= 4 is 23.7 Å². The van der Waals surface area contributed by atoms with Crippen molar-refractivity contribution in [2.75, 3.05) is 45.7 Å². The van der Waals surface area contributed by atoms with E-state index >= 15 is 0 Å². The predicted molar refractivity (Wildman–Crippen MR) is 134 cm³/mol. The summed E-state index contributed by atoms with van der Waals surface area (Å²) in [7, 11) is 5.61. The fourth-order valence-corrected chi connectivity index (χ4v) is 3.61. The van der Waals surface area contributed by atoms with Crippen LogP contribution in [0.15, 0.2) is 54.9 Å². The van der Waals surface area contributed by atoms with Gasteiger partial charge in [0.25, 0.3) is 11.8 Å². The van der Waals surface area contributed by atoms with Crippen LogP contribution in [0.25, 0.3) is 0 Å². The minimum atomic E-state index is -1.26. The highest BCUT2D eigenvalue weighted by atomic mass is 16.5. The van der Waals surface area contributed by atoms with E-state index in [9.17, 15) is 14.4 Å². The number of carboxylic acids is 2. The molecule has 1 amide bonds. The van der Waals surface area contributed by atoms with Gasteiger partial charge in [0.2, 0.25) is 0 Å². The second kappa shape index (κ2) is 14.4. The van der Waals surface area contributed by atoms with Gasteiger partial charge in [-0.05, 0) is 18.4 Å². The van der Waals surface area contributed by atoms with Crippen molar-refractivity contribution in [1.29, 1.82) is 0 Å². The minimum absolute atomic E-state index is 0.0275. The molecule has 0 spiro atoms. The fraction of sp³-hybridized carbons (Fsp3) is 0.400. The summed E-state index contributed by atoms with van der Waals surface area (Å²) in [6.45, 7) is 2.93. The van der Waals surface area contributed by atoms with Crippen molar-refractivity contribution in [3.05, 3.63) is 60.4 Å². The number of anilines is 1. The maximum Gasteiger partial charge on any atom is 0.328 e. The average Bonchev–Trinajstić information content (AvgIpc) is 2.87. The fourth-order valence-electron chi connectivity index (χ4n) is 3.61. The van der Waals surface area contributed by atoms with Crippen LogP contribution in [0.2, 0.25) is 0 Å². The van der Waals surface area contributed by atoms with E-state index < -0.39 is 11.9 Å². The molecule has 36 heavy (non-hydrogen) atoms. The Balaban J connectivity index is 0.000000493. The number of piperidine rings is 1. The summed E-state index contributed by atoms with van der Waals surface area (Å²) in [5.41, 5.74) is 1.33. The third-order valence-corrected chi connectivity index (χ3v) is 5.52. The lowest BCUT2D eigenvalue weighted by Gasteiger charge is -2.36. The summed E-state index contributed by atoms with van der Waals surface area (Å²) in [4.78, 5) is 46.2. The van der Waals surface area contributed by atoms with Crippen molar-refractivity contribution < 1.29 is 29.3 Å². The highest BCUT2D eigenvalue weighted by molar-refractivity contribution is 5.89. The average molecular weight is 500 g/mol. The number of likely N-dealkylation sites (N-methyl/N-ethyl adjacent to an activating group) is 1. The number of hydrogen-bond acceptors (Lipinski definition) is 8. The van der Waals surface area contributed by atoms with E-state index in [1.54, 1.807) is 12.4 Å². The number of carboxylic acid groups (broad SMARTS) is 2. The molecule has 0 aliphatic carbocycles. The lowest BCUT2D eigenvalue weighted by molar-refractivity contribution is -0.135. The van der Waals surface area contributed by atoms with E-state index in [0.717, 1.165) is 32.5 Å². The Morgan fingerprint density at radius 1 is 1.00 bits per heavy atom. The Labute approximate surface area is 210 Å². The van der Waals surface area contributed by atoms with Gasteiger partial charge in [0.05, 0.1) is 0 Å². The van der Waals surface area contributed by atoms with Gasteiger partial charge in [0, 0.05) is 71.4 Å². The largest absolute Gasteiger partial charge is 0.478 e. The Kier molecular flexibility index (Phi) is 11.3. The molecule has 11 heteroatoms. The zero-order valence-corrected chi connectivity index (χ0v) is 20.8. The maximum atomic E-state index is 12.6. The van der Waals surface area contributed by atoms with Gasteiger partial charge in [0.15, 0.2) is 12.4 Å². The van der Waals surface area contributed by atoms with E-state index in [1.165, 1.54) is 5.56 Å². The molecule has 0 saturated carbocycles. The number of hydrogen-bond donors (Lipinski definition) is 2. The molecule has 1 aliphatic rings. The molecule has 194 valence electrons. The van der Waals surface area contributed by atoms with E-state index in [0.29, 0.717) is 23.8 Å². The van der Waals surface area contributed by atoms with Crippen LogP contribution >= 0.6 is 0 Å². The Hall–Kier alpha value is -3.99. The topological polar surface area (TPSA) is 136 Å². The van der Waals surface area contributed by atoms with Gasteiger partial charge in [-0.15, -0.1) is 0 Å². The predicted octanol–water partition coefficient (Wildman–Crippen LogP) is 1.76. The van der Waals surface area contributed by atoms with Crippen molar-refractivity contribution in [3.63, 3.8) is 0 Å². The molecule has 0 radical (unpaired) electrons. The number of benzene rings is 1. The van der Waals surface area contributed by atoms with E-state index in [1.807, 2.05) is 37.0 Å². The van der Waals surface area contributed by atoms with E-state index in [-0.39, 0.29) is 18.6 Å². The van der Waals surface area contributed by atoms with Crippen LogP contribution in [-0.2, 0) is 20.9 Å². The second-order valence-electron chi connectivity index (χ2n) is 8.38. The SMILES string of the molecule is CN(C)c1nccnc1OCC(=O)N(C)C1CCN(Cc2ccccc2)CC1.O=C(O)/C=C\C(=O)O. The summed E-state index contributed by atoms with van der Waals surface area (Å²) in [5, 5.41) is 15.6. The number of rotatable bonds is 9. The molecule has 11 nitrogen and oxygen atoms in total. The Bertz CT molecular complexity index is 1010. The highest BCUT2D eigenvalue weighted by Gasteiger charge is 2.26. The van der Waals surface area contributed by atoms with Crippen molar-refractivity contribution in [2.24, 2.45) is 0 Å². The first-order valence-corrected chi connectivity index (χ1v) is 11.4. The van der Waals surface area contributed by atoms with Gasteiger partial charge >= 0.3 is 11.9 Å². The quantitative estimate of drug-likeness (QED) is 0.491. The lowest BCUT2D eigenvalue weighted by atomic mass is 10.0. The molecule has 0 atom stereocenters. The maximum absolute atomic E-state index is 12.6. The van der Waals surface area contributed by atoms with Gasteiger partial charge in [0.1, 0.15) is 0 Å². The lowest BCUT2D eigenvalue weighted by Crippen LogP contribution is -2.46. The van der Waals surface area contributed by atoms with Crippen LogP contribution in [0.4, 0.5) is 5.82 Å². The number of carbonyl (C=O) groups is 3. The molecule has 1 aromatic carbocycles. The van der Waals surface area contributed by atoms with Gasteiger partial charge in [-0.3, -0.25) is 9.69 Å². The second-order valence-corrected chi connectivity index (χ2v) is 8.38. The number of likely N-dealkylation sites (tertiary alicyclic amines) is 1. The normalized spacial score (nSPS) is 14.0. The standard InChI is InChI=1S/C21H29N5O2.C4H4O4/c1-24(2)20-21(23-12-11-22-20)28-16-19(27)25(3)18-9-13-26(14-10-18)15-17-7-5-4-6-8-17;5-3(6)1-2-4(7)8/h4-8,11-12,18H,9-10,13-16H2,1-3H3;1-2H,(H,5,6)(H,7,8)/b;2-1-. The molecule has 2 aromatic rings. The van der Waals surface area contributed by atoms with Crippen molar-refractivity contribution in [2.45, 2.75) is 25.4 Å². The number of aromatic nitrogens is 2. The summed E-state index contributed by atoms with van der Waals surface area (Å²) < 4.78 is 5.66. The van der Waals surface area contributed by atoms with E-state index in [2.05, 4.69) is 39.1 Å². The molecule has 0 bridgehead atoms. The summed E-state index contributed by atoms with van der Waals surface area (Å²) in [5.74, 6) is -1.55. The zero-order valence-electron chi connectivity index (χ0n) is 20.8. The molecular formula is C25H33N5O6. The van der Waals surface area contributed by atoms with Crippen LogP contribution in [0, 0.1) is 0 Å². The molecule has 2 heterocycles. The van der Waals surface area contributed by atoms with E-state index in [4.69, 9.17) is 14.9 Å². The number of carbonyl (C=O) groups excluding carboxylic acids is 1. The molecule has 1 aromatic heterocycles. The van der Waals surface area contributed by atoms with Crippen LogP contribution in [0.1, 0.15) is 18.4 Å². The molecular weight excluding hydrogens is 466 g/mol. The number of ether oxygens (including phenoxy) is 1. The number of aliphatic carboxylic acids is 2. The van der Waals surface area contributed by atoms with Gasteiger partial charge in [-0.2, -0.15) is 0 Å². The number of nitrogens with zero attached hydrogens (tertiary/aromatic N) is 5. The molecule has 1 saturated heterocycles. The zero-order chi connectivity index (χ0) is 26.5. The number of amides is 1. The molecule has 1 aliphatic heterocycles. The third kappa shape index (κ3) is 9.71. The smallest absolute Gasteiger partial charge is 0.328 e. The first-order chi connectivity index (χ1) is 17.2. The molecule has 0 unspecified atom stereocenters. The van der Waals surface area contributed by atoms with Gasteiger partial charge in [-0.1, -0.05) is 30.3 Å². The minimum Gasteiger partial charge on any atom is -0.478 e. The Morgan fingerprint density at radius 3 is 2.14 bits per heavy atom. The van der Waals surface area contributed by atoms with Gasteiger partial charge < -0.3 is 24.7 Å². The first kappa shape index (κ1) is 28.2. The Morgan fingerprint density at radius 2 is 1.58 bits per heavy atom. The molecule has 3 rings (SSSR count). The van der Waals surface area contributed by atoms with Crippen molar-refractivity contribution in [1.82, 2.24) is 19.8 Å². The summed E-state index contributed by atoms with van der Waals surface area (Å²) >= 11 is 0. The summed E-state index contributed by atoms with van der Waals surface area (Å²) in [6.07, 6.45) is 6.25. The van der Waals surface area contributed by atoms with Crippen LogP contribution in [-0.4, -0.2) is 94.7 Å². The molecule has 2 N–H and O–H groups in total. The molecule has 1 fully saturated rings. The first-order valence-electron chi connectivity index (χ1n) is 11.4. The summed E-state index contributed by atoms with van der Waals surface area (Å²) in [6, 6.07) is 10.8. The van der Waals surface area contributed by atoms with Gasteiger partial charge in [-0.25, -0.2) is 19.6 Å². The van der Waals surface area contributed by atoms with Crippen molar-refractivity contribution in [3.8, 4) is 5.88 Å². The van der Waals surface area contributed by atoms with Crippen LogP contribution in [0.3, 0.4) is 0 Å². The van der Waals surface area contributed by atoms with Crippen LogP contribution in [0.5, 0.6) is 5.88 Å². The monoisotopic (exact) mass is 499 g/mol.